The van der Waals surface area contributed by atoms with Crippen molar-refractivity contribution in [2.45, 2.75) is 38.3 Å². The van der Waals surface area contributed by atoms with Crippen molar-refractivity contribution in [3.8, 4) is 0 Å². The van der Waals surface area contributed by atoms with Crippen molar-refractivity contribution >= 4 is 0 Å². The van der Waals surface area contributed by atoms with Gasteiger partial charge in [0, 0.05) is 19.2 Å². The number of hydrogen-bond donors (Lipinski definition) is 3. The van der Waals surface area contributed by atoms with Gasteiger partial charge in [0.05, 0.1) is 13.2 Å². The average Bonchev–Trinajstić information content (AvgIpc) is 2.22. The zero-order valence-corrected chi connectivity index (χ0v) is 9.33. The molecule has 4 N–H and O–H groups in total. The molecule has 14 heavy (non-hydrogen) atoms. The molecule has 0 bridgehead atoms. The fourth-order valence-corrected chi connectivity index (χ4v) is 1.41. The fourth-order valence-electron chi connectivity index (χ4n) is 1.41. The number of hydrogen-bond acceptors (Lipinski definition) is 4. The smallest absolute Gasteiger partial charge is 0.0615 e. The van der Waals surface area contributed by atoms with E-state index in [1.54, 1.807) is 7.11 Å². The second kappa shape index (κ2) is 9.40. The SMILES string of the molecule is CC[C@@H](CO)NC(CCCN)COC. The van der Waals surface area contributed by atoms with E-state index in [0.717, 1.165) is 19.3 Å². The third kappa shape index (κ3) is 6.32. The van der Waals surface area contributed by atoms with Gasteiger partial charge < -0.3 is 20.9 Å². The van der Waals surface area contributed by atoms with Crippen LogP contribution in [-0.4, -0.2) is 44.1 Å². The van der Waals surface area contributed by atoms with Gasteiger partial charge >= 0.3 is 0 Å². The van der Waals surface area contributed by atoms with Crippen LogP contribution in [0.1, 0.15) is 26.2 Å². The Balaban J connectivity index is 3.80. The quantitative estimate of drug-likeness (QED) is 0.498. The molecule has 0 saturated carbocycles. The van der Waals surface area contributed by atoms with Crippen LogP contribution in [0.5, 0.6) is 0 Å². The van der Waals surface area contributed by atoms with Crippen LogP contribution in [0, 0.1) is 0 Å². The summed E-state index contributed by atoms with van der Waals surface area (Å²) in [7, 11) is 1.69. The van der Waals surface area contributed by atoms with Crippen LogP contribution >= 0.6 is 0 Å². The summed E-state index contributed by atoms with van der Waals surface area (Å²) in [5, 5.41) is 12.4. The first kappa shape index (κ1) is 13.8. The van der Waals surface area contributed by atoms with Gasteiger partial charge in [0.25, 0.3) is 0 Å². The van der Waals surface area contributed by atoms with Crippen molar-refractivity contribution in [3.05, 3.63) is 0 Å². The van der Waals surface area contributed by atoms with Crippen molar-refractivity contribution in [1.82, 2.24) is 5.32 Å². The van der Waals surface area contributed by atoms with E-state index in [1.807, 2.05) is 0 Å². The Morgan fingerprint density at radius 3 is 2.57 bits per heavy atom. The minimum Gasteiger partial charge on any atom is -0.395 e. The zero-order valence-electron chi connectivity index (χ0n) is 9.33. The summed E-state index contributed by atoms with van der Waals surface area (Å²) in [6, 6.07) is 0.480. The molecule has 4 nitrogen and oxygen atoms in total. The van der Waals surface area contributed by atoms with Crippen molar-refractivity contribution in [1.29, 1.82) is 0 Å². The standard InChI is InChI=1S/C10H24N2O2/c1-3-9(7-13)12-10(8-14-2)5-4-6-11/h9-10,12-13H,3-8,11H2,1-2H3/t9-,10?/m0/s1. The zero-order chi connectivity index (χ0) is 10.8. The lowest BCUT2D eigenvalue weighted by molar-refractivity contribution is 0.142. The van der Waals surface area contributed by atoms with E-state index in [2.05, 4.69) is 12.2 Å². The van der Waals surface area contributed by atoms with Gasteiger partial charge in [0.15, 0.2) is 0 Å². The van der Waals surface area contributed by atoms with Gasteiger partial charge in [-0.2, -0.15) is 0 Å². The summed E-state index contributed by atoms with van der Waals surface area (Å²) in [6.07, 6.45) is 2.92. The van der Waals surface area contributed by atoms with E-state index in [-0.39, 0.29) is 12.6 Å². The lowest BCUT2D eigenvalue weighted by Gasteiger charge is -2.23. The lowest BCUT2D eigenvalue weighted by Crippen LogP contribution is -2.42. The molecule has 0 aliphatic rings. The predicted molar refractivity (Wildman–Crippen MR) is 58.3 cm³/mol. The molecule has 0 radical (unpaired) electrons. The number of rotatable bonds is 9. The molecule has 0 amide bonds. The Kier molecular flexibility index (Phi) is 9.29. The molecule has 2 atom stereocenters. The van der Waals surface area contributed by atoms with Crippen LogP contribution in [0.2, 0.25) is 0 Å². The van der Waals surface area contributed by atoms with E-state index < -0.39 is 0 Å². The highest BCUT2D eigenvalue weighted by atomic mass is 16.5. The molecular weight excluding hydrogens is 180 g/mol. The van der Waals surface area contributed by atoms with Crippen LogP contribution in [0.3, 0.4) is 0 Å². The molecule has 0 aliphatic heterocycles. The second-order valence-electron chi connectivity index (χ2n) is 3.54. The Morgan fingerprint density at radius 1 is 1.43 bits per heavy atom. The van der Waals surface area contributed by atoms with Crippen LogP contribution in [-0.2, 0) is 4.74 Å². The van der Waals surface area contributed by atoms with Crippen LogP contribution in [0.25, 0.3) is 0 Å². The maximum atomic E-state index is 9.04. The van der Waals surface area contributed by atoms with Gasteiger partial charge in [-0.3, -0.25) is 0 Å². The maximum Gasteiger partial charge on any atom is 0.0615 e. The summed E-state index contributed by atoms with van der Waals surface area (Å²) >= 11 is 0. The topological polar surface area (TPSA) is 67.5 Å². The Labute approximate surface area is 86.8 Å². The lowest BCUT2D eigenvalue weighted by atomic mass is 10.1. The highest BCUT2D eigenvalue weighted by Gasteiger charge is 2.12. The Bertz CT molecular complexity index is 119. The van der Waals surface area contributed by atoms with Crippen molar-refractivity contribution in [3.63, 3.8) is 0 Å². The van der Waals surface area contributed by atoms with E-state index in [1.165, 1.54) is 0 Å². The molecule has 4 heteroatoms. The number of methoxy groups -OCH3 is 1. The molecule has 0 aromatic heterocycles. The van der Waals surface area contributed by atoms with Crippen LogP contribution in [0.15, 0.2) is 0 Å². The third-order valence-electron chi connectivity index (χ3n) is 2.31. The minimum absolute atomic E-state index is 0.174. The molecule has 0 saturated heterocycles. The molecule has 0 aromatic carbocycles. The van der Waals surface area contributed by atoms with Gasteiger partial charge in [0.1, 0.15) is 0 Å². The molecular formula is C10H24N2O2. The highest BCUT2D eigenvalue weighted by molar-refractivity contribution is 4.72. The number of aliphatic hydroxyl groups excluding tert-OH is 1. The summed E-state index contributed by atoms with van der Waals surface area (Å²) in [4.78, 5) is 0. The number of aliphatic hydroxyl groups is 1. The maximum absolute atomic E-state index is 9.04. The summed E-state index contributed by atoms with van der Waals surface area (Å²) in [6.45, 7) is 3.62. The van der Waals surface area contributed by atoms with E-state index in [4.69, 9.17) is 15.6 Å². The van der Waals surface area contributed by atoms with E-state index in [9.17, 15) is 0 Å². The first-order valence-corrected chi connectivity index (χ1v) is 5.34. The van der Waals surface area contributed by atoms with Crippen LogP contribution in [0.4, 0.5) is 0 Å². The Hall–Kier alpha value is -0.160. The first-order valence-electron chi connectivity index (χ1n) is 5.34. The normalized spacial score (nSPS) is 15.4. The molecule has 0 aromatic rings. The van der Waals surface area contributed by atoms with Crippen molar-refractivity contribution < 1.29 is 9.84 Å². The first-order chi connectivity index (χ1) is 6.78. The van der Waals surface area contributed by atoms with Crippen molar-refractivity contribution in [2.75, 3.05) is 26.9 Å². The number of nitrogens with one attached hydrogen (secondary N) is 1. The van der Waals surface area contributed by atoms with Gasteiger partial charge in [0.2, 0.25) is 0 Å². The minimum atomic E-state index is 0.174. The fraction of sp³-hybridized carbons (Fsp3) is 1.00. The van der Waals surface area contributed by atoms with Crippen molar-refractivity contribution in [2.24, 2.45) is 5.73 Å². The molecule has 0 heterocycles. The molecule has 0 aliphatic carbocycles. The number of nitrogens with two attached hydrogens (primary N) is 1. The van der Waals surface area contributed by atoms with Gasteiger partial charge in [-0.1, -0.05) is 6.92 Å². The second-order valence-corrected chi connectivity index (χ2v) is 3.54. The summed E-state index contributed by atoms with van der Waals surface area (Å²) in [5.41, 5.74) is 5.45. The molecule has 0 spiro atoms. The molecule has 0 rings (SSSR count). The van der Waals surface area contributed by atoms with Crippen LogP contribution < -0.4 is 11.1 Å². The van der Waals surface area contributed by atoms with E-state index >= 15 is 0 Å². The molecule has 0 fully saturated rings. The third-order valence-corrected chi connectivity index (χ3v) is 2.31. The summed E-state index contributed by atoms with van der Waals surface area (Å²) in [5.74, 6) is 0. The monoisotopic (exact) mass is 204 g/mol. The Morgan fingerprint density at radius 2 is 2.14 bits per heavy atom. The van der Waals surface area contributed by atoms with E-state index in [0.29, 0.717) is 19.2 Å². The highest BCUT2D eigenvalue weighted by Crippen LogP contribution is 2.00. The molecule has 1 unspecified atom stereocenters. The average molecular weight is 204 g/mol. The number of ether oxygens (including phenoxy) is 1. The summed E-state index contributed by atoms with van der Waals surface area (Å²) < 4.78 is 5.11. The molecule has 86 valence electrons. The van der Waals surface area contributed by atoms with Gasteiger partial charge in [-0.15, -0.1) is 0 Å². The van der Waals surface area contributed by atoms with Gasteiger partial charge in [-0.25, -0.2) is 0 Å². The largest absolute Gasteiger partial charge is 0.395 e. The predicted octanol–water partition coefficient (Wildman–Crippen LogP) is 0.101. The van der Waals surface area contributed by atoms with Gasteiger partial charge in [-0.05, 0) is 25.8 Å².